The van der Waals surface area contributed by atoms with Crippen LogP contribution in [0.15, 0.2) is 46.5 Å². The number of aromatic nitrogens is 1. The smallest absolute Gasteiger partial charge is 0.341 e. The summed E-state index contributed by atoms with van der Waals surface area (Å²) in [5, 5.41) is 4.80. The number of nitrogens with zero attached hydrogens (tertiary/aromatic N) is 1. The van der Waals surface area contributed by atoms with Crippen molar-refractivity contribution in [3.63, 3.8) is 0 Å². The molecule has 1 atom stereocenters. The maximum atomic E-state index is 12.5. The van der Waals surface area contributed by atoms with Crippen molar-refractivity contribution < 1.29 is 19.1 Å². The van der Waals surface area contributed by atoms with E-state index in [1.54, 1.807) is 18.3 Å². The third-order valence-electron chi connectivity index (χ3n) is 3.80. The van der Waals surface area contributed by atoms with E-state index >= 15 is 0 Å². The molecule has 0 aliphatic rings. The van der Waals surface area contributed by atoms with E-state index in [9.17, 15) is 14.4 Å². The first-order chi connectivity index (χ1) is 12.8. The molecule has 27 heavy (non-hydrogen) atoms. The van der Waals surface area contributed by atoms with E-state index in [4.69, 9.17) is 4.74 Å². The molecule has 0 aliphatic heterocycles. The van der Waals surface area contributed by atoms with Gasteiger partial charge in [0.2, 0.25) is 0 Å². The van der Waals surface area contributed by atoms with Crippen LogP contribution in [0.2, 0.25) is 0 Å². The first-order valence-corrected chi connectivity index (χ1v) is 9.07. The maximum absolute atomic E-state index is 12.5. The van der Waals surface area contributed by atoms with Crippen LogP contribution in [0.1, 0.15) is 28.4 Å². The highest BCUT2D eigenvalue weighted by Gasteiger charge is 2.22. The van der Waals surface area contributed by atoms with Crippen LogP contribution in [0, 0.1) is 13.8 Å². The number of hydrogen-bond donors (Lipinski definition) is 2. The number of pyridine rings is 1. The molecule has 0 fully saturated rings. The molecule has 0 saturated heterocycles. The number of imide groups is 1. The monoisotopic (exact) mass is 387 g/mol. The third-order valence-corrected chi connectivity index (χ3v) is 4.81. The van der Waals surface area contributed by atoms with Crippen LogP contribution >= 0.6 is 11.8 Å². The van der Waals surface area contributed by atoms with Crippen LogP contribution < -0.4 is 10.6 Å². The minimum atomic E-state index is -1.13. The molecule has 0 spiro atoms. The number of carbonyl (C=O) groups is 3. The van der Waals surface area contributed by atoms with Gasteiger partial charge in [0.15, 0.2) is 6.10 Å². The van der Waals surface area contributed by atoms with Gasteiger partial charge in [-0.05, 0) is 56.2 Å². The van der Waals surface area contributed by atoms with Gasteiger partial charge in [-0.1, -0.05) is 17.8 Å². The van der Waals surface area contributed by atoms with E-state index < -0.39 is 24.0 Å². The lowest BCUT2D eigenvalue weighted by molar-refractivity contribution is -0.127. The molecule has 1 heterocycles. The summed E-state index contributed by atoms with van der Waals surface area (Å²) < 4.78 is 5.18. The molecule has 2 aromatic rings. The molecule has 0 saturated carbocycles. The van der Waals surface area contributed by atoms with Gasteiger partial charge in [0.05, 0.1) is 5.56 Å². The maximum Gasteiger partial charge on any atom is 0.341 e. The Balaban J connectivity index is 2.14. The standard InChI is InChI=1S/C19H21N3O4S/c1-11-7-8-14(10-12(11)2)27-17-15(6-5-9-21-17)18(24)26-13(3)16(23)22-19(25)20-4/h5-10,13H,1-4H3,(H2,20,22,23,25)/t13-/m1/s1. The van der Waals surface area contributed by atoms with E-state index in [-0.39, 0.29) is 5.56 Å². The van der Waals surface area contributed by atoms with Crippen LogP contribution in [-0.2, 0) is 9.53 Å². The van der Waals surface area contributed by atoms with Crippen molar-refractivity contribution in [1.82, 2.24) is 15.6 Å². The van der Waals surface area contributed by atoms with Crippen molar-refractivity contribution in [3.05, 3.63) is 53.2 Å². The van der Waals surface area contributed by atoms with Crippen molar-refractivity contribution in [2.24, 2.45) is 0 Å². The van der Waals surface area contributed by atoms with E-state index in [1.807, 2.05) is 32.0 Å². The Labute approximate surface area is 161 Å². The zero-order valence-electron chi connectivity index (χ0n) is 15.5. The molecule has 8 heteroatoms. The number of esters is 1. The van der Waals surface area contributed by atoms with Crippen molar-refractivity contribution in [3.8, 4) is 0 Å². The molecule has 2 N–H and O–H groups in total. The molecule has 0 radical (unpaired) electrons. The van der Waals surface area contributed by atoms with Crippen LogP contribution in [0.25, 0.3) is 0 Å². The predicted octanol–water partition coefficient (Wildman–Crippen LogP) is 2.85. The molecule has 142 valence electrons. The quantitative estimate of drug-likeness (QED) is 0.766. The van der Waals surface area contributed by atoms with Gasteiger partial charge in [-0.25, -0.2) is 14.6 Å². The zero-order chi connectivity index (χ0) is 20.0. The number of ether oxygens (including phenoxy) is 1. The SMILES string of the molecule is CNC(=O)NC(=O)[C@@H](C)OC(=O)c1cccnc1Sc1ccc(C)c(C)c1. The summed E-state index contributed by atoms with van der Waals surface area (Å²) in [5.74, 6) is -1.40. The number of amides is 3. The minimum Gasteiger partial charge on any atom is -0.449 e. The highest BCUT2D eigenvalue weighted by Crippen LogP contribution is 2.30. The van der Waals surface area contributed by atoms with E-state index in [0.717, 1.165) is 10.5 Å². The number of nitrogens with one attached hydrogen (secondary N) is 2. The van der Waals surface area contributed by atoms with Crippen molar-refractivity contribution in [2.75, 3.05) is 7.05 Å². The summed E-state index contributed by atoms with van der Waals surface area (Å²) in [6.45, 7) is 5.43. The summed E-state index contributed by atoms with van der Waals surface area (Å²) in [4.78, 5) is 40.7. The second-order valence-electron chi connectivity index (χ2n) is 5.82. The number of rotatable bonds is 5. The number of aryl methyl sites for hydroxylation is 2. The number of urea groups is 1. The lowest BCUT2D eigenvalue weighted by Gasteiger charge is -2.14. The summed E-state index contributed by atoms with van der Waals surface area (Å²) in [7, 11) is 1.38. The van der Waals surface area contributed by atoms with Crippen LogP contribution in [-0.4, -0.2) is 36.0 Å². The Morgan fingerprint density at radius 2 is 1.89 bits per heavy atom. The first-order valence-electron chi connectivity index (χ1n) is 8.25. The van der Waals surface area contributed by atoms with Gasteiger partial charge >= 0.3 is 12.0 Å². The normalized spacial score (nSPS) is 11.4. The highest BCUT2D eigenvalue weighted by molar-refractivity contribution is 7.99. The Bertz CT molecular complexity index is 870. The number of carbonyl (C=O) groups excluding carboxylic acids is 3. The Hall–Kier alpha value is -2.87. The Morgan fingerprint density at radius 3 is 2.56 bits per heavy atom. The molecule has 0 aliphatic carbocycles. The van der Waals surface area contributed by atoms with Crippen LogP contribution in [0.3, 0.4) is 0 Å². The van der Waals surface area contributed by atoms with E-state index in [0.29, 0.717) is 5.03 Å². The summed E-state index contributed by atoms with van der Waals surface area (Å²) in [6, 6.07) is 8.51. The third kappa shape index (κ3) is 5.55. The summed E-state index contributed by atoms with van der Waals surface area (Å²) in [6.07, 6.45) is 0.455. The lowest BCUT2D eigenvalue weighted by atomic mass is 10.1. The first kappa shape index (κ1) is 20.4. The molecule has 3 amide bonds. The molecular weight excluding hydrogens is 366 g/mol. The fourth-order valence-electron chi connectivity index (χ4n) is 2.07. The molecule has 0 unspecified atom stereocenters. The molecule has 2 rings (SSSR count). The van der Waals surface area contributed by atoms with E-state index in [1.165, 1.54) is 31.3 Å². The van der Waals surface area contributed by atoms with Gasteiger partial charge in [0.25, 0.3) is 5.91 Å². The van der Waals surface area contributed by atoms with E-state index in [2.05, 4.69) is 15.6 Å². The van der Waals surface area contributed by atoms with Crippen LogP contribution in [0.4, 0.5) is 4.79 Å². The van der Waals surface area contributed by atoms with Crippen molar-refractivity contribution >= 4 is 29.7 Å². The zero-order valence-corrected chi connectivity index (χ0v) is 16.3. The molecule has 0 bridgehead atoms. The van der Waals surface area contributed by atoms with Crippen molar-refractivity contribution in [1.29, 1.82) is 0 Å². The highest BCUT2D eigenvalue weighted by atomic mass is 32.2. The molecular formula is C19H21N3O4S. The fraction of sp³-hybridized carbons (Fsp3) is 0.263. The van der Waals surface area contributed by atoms with Crippen molar-refractivity contribution in [2.45, 2.75) is 36.8 Å². The topological polar surface area (TPSA) is 97.4 Å². The average molecular weight is 387 g/mol. The fourth-order valence-corrected chi connectivity index (χ4v) is 3.04. The average Bonchev–Trinajstić information content (AvgIpc) is 2.64. The molecule has 1 aromatic heterocycles. The van der Waals surface area contributed by atoms with Crippen LogP contribution in [0.5, 0.6) is 0 Å². The second kappa shape index (κ2) is 9.18. The van der Waals surface area contributed by atoms with Gasteiger partial charge in [0.1, 0.15) is 5.03 Å². The van der Waals surface area contributed by atoms with Gasteiger partial charge in [-0.15, -0.1) is 0 Å². The largest absolute Gasteiger partial charge is 0.449 e. The Morgan fingerprint density at radius 1 is 1.15 bits per heavy atom. The summed E-state index contributed by atoms with van der Waals surface area (Å²) in [5.41, 5.74) is 2.57. The van der Waals surface area contributed by atoms with Gasteiger partial charge in [-0.2, -0.15) is 0 Å². The van der Waals surface area contributed by atoms with Gasteiger partial charge < -0.3 is 10.1 Å². The second-order valence-corrected chi connectivity index (χ2v) is 6.88. The molecule has 7 nitrogen and oxygen atoms in total. The minimum absolute atomic E-state index is 0.250. The van der Waals surface area contributed by atoms with Gasteiger partial charge in [-0.3, -0.25) is 10.1 Å². The number of benzene rings is 1. The molecule has 1 aromatic carbocycles. The van der Waals surface area contributed by atoms with Gasteiger partial charge in [0, 0.05) is 18.1 Å². The Kier molecular flexibility index (Phi) is 6.95. The number of hydrogen-bond acceptors (Lipinski definition) is 6. The lowest BCUT2D eigenvalue weighted by Crippen LogP contribution is -2.43. The predicted molar refractivity (Wildman–Crippen MR) is 102 cm³/mol. The summed E-state index contributed by atoms with van der Waals surface area (Å²) >= 11 is 1.34.